The van der Waals surface area contributed by atoms with Gasteiger partial charge in [-0.25, -0.2) is 0 Å². The predicted molar refractivity (Wildman–Crippen MR) is 95.2 cm³/mol. The molecule has 0 bridgehead atoms. The second kappa shape index (κ2) is 9.19. The van der Waals surface area contributed by atoms with E-state index < -0.39 is 5.92 Å². The number of nitrogens with zero attached hydrogens (tertiary/aromatic N) is 2. The van der Waals surface area contributed by atoms with Gasteiger partial charge in [-0.2, -0.15) is 0 Å². The summed E-state index contributed by atoms with van der Waals surface area (Å²) < 4.78 is 5.33. The van der Waals surface area contributed by atoms with Crippen LogP contribution in [-0.2, 0) is 14.3 Å². The molecule has 7 nitrogen and oxygen atoms in total. The van der Waals surface area contributed by atoms with Crippen molar-refractivity contribution in [3.8, 4) is 0 Å². The Labute approximate surface area is 148 Å². The van der Waals surface area contributed by atoms with Gasteiger partial charge in [0, 0.05) is 25.2 Å². The van der Waals surface area contributed by atoms with Gasteiger partial charge in [0.15, 0.2) is 11.0 Å². The number of quaternary nitrogens is 1. The molecule has 2 saturated heterocycles. The molecule has 2 aliphatic heterocycles. The van der Waals surface area contributed by atoms with Gasteiger partial charge in [-0.1, -0.05) is 6.92 Å². The first-order chi connectivity index (χ1) is 11.5. The van der Waals surface area contributed by atoms with Crippen LogP contribution in [0, 0.1) is 5.92 Å². The van der Waals surface area contributed by atoms with Crippen LogP contribution in [0.2, 0.25) is 0 Å². The summed E-state index contributed by atoms with van der Waals surface area (Å²) >= 11 is 5.12. The zero-order chi connectivity index (χ0) is 17.5. The summed E-state index contributed by atoms with van der Waals surface area (Å²) in [5.74, 6) is -1.53. The van der Waals surface area contributed by atoms with Gasteiger partial charge in [-0.15, -0.1) is 0 Å². The Morgan fingerprint density at radius 2 is 2.17 bits per heavy atom. The second-order valence-electron chi connectivity index (χ2n) is 6.26. The molecule has 134 valence electrons. The number of nitrogens with one attached hydrogen (secondary N) is 2. The number of morpholine rings is 1. The molecule has 24 heavy (non-hydrogen) atoms. The standard InChI is InChI=1S/C16H26N4O3S/c1-3-12(2)20-15(22)13(14(21)18-16(20)24)11-17-5-4-6-19-7-9-23-10-8-19/h11-13H,3-10H2,1-2H3,(H,18,21,24)/p+1/t12-,13+/m0/s1. The SMILES string of the molecule is CC[C@H](C)N1C(=O)[C@H](C=NCCC[NH+]2CCOCC2)C(=O)NC1=S. The Kier molecular flexibility index (Phi) is 7.26. The van der Waals surface area contributed by atoms with Crippen LogP contribution in [0.25, 0.3) is 0 Å². The first-order valence-corrected chi connectivity index (χ1v) is 9.04. The number of hydrogen-bond acceptors (Lipinski definition) is 5. The van der Waals surface area contributed by atoms with Crippen LogP contribution in [0.4, 0.5) is 0 Å². The zero-order valence-corrected chi connectivity index (χ0v) is 15.2. The molecular weight excluding hydrogens is 328 g/mol. The predicted octanol–water partition coefficient (Wildman–Crippen LogP) is -0.980. The monoisotopic (exact) mass is 355 g/mol. The molecule has 0 aliphatic carbocycles. The molecule has 0 aromatic heterocycles. The molecule has 0 spiro atoms. The summed E-state index contributed by atoms with van der Waals surface area (Å²) in [4.78, 5) is 31.9. The highest BCUT2D eigenvalue weighted by atomic mass is 32.1. The summed E-state index contributed by atoms with van der Waals surface area (Å²) in [5, 5.41) is 2.80. The molecule has 0 aromatic carbocycles. The lowest BCUT2D eigenvalue weighted by atomic mass is 10.0. The first kappa shape index (κ1) is 19.0. The lowest BCUT2D eigenvalue weighted by Gasteiger charge is -2.34. The summed E-state index contributed by atoms with van der Waals surface area (Å²) in [6.07, 6.45) is 3.18. The first-order valence-electron chi connectivity index (χ1n) is 8.63. The molecule has 8 heteroatoms. The van der Waals surface area contributed by atoms with Gasteiger partial charge in [0.05, 0.1) is 19.8 Å². The van der Waals surface area contributed by atoms with Crippen molar-refractivity contribution in [3.63, 3.8) is 0 Å². The number of thiocarbonyl (C=S) groups is 1. The zero-order valence-electron chi connectivity index (χ0n) is 14.4. The van der Waals surface area contributed by atoms with Gasteiger partial charge in [0.2, 0.25) is 11.8 Å². The van der Waals surface area contributed by atoms with E-state index in [9.17, 15) is 9.59 Å². The average molecular weight is 355 g/mol. The van der Waals surface area contributed by atoms with E-state index in [0.717, 1.165) is 45.7 Å². The Balaban J connectivity index is 1.84. The van der Waals surface area contributed by atoms with Crippen molar-refractivity contribution < 1.29 is 19.2 Å². The quantitative estimate of drug-likeness (QED) is 0.266. The van der Waals surface area contributed by atoms with E-state index in [2.05, 4.69) is 10.3 Å². The molecule has 0 saturated carbocycles. The van der Waals surface area contributed by atoms with Crippen LogP contribution >= 0.6 is 12.2 Å². The minimum absolute atomic E-state index is 0.0357. The van der Waals surface area contributed by atoms with Crippen molar-refractivity contribution in [2.75, 3.05) is 39.4 Å². The molecule has 0 aromatic rings. The topological polar surface area (TPSA) is 75.4 Å². The normalized spacial score (nSPS) is 24.5. The molecular formula is C16H27N4O3S+. The summed E-state index contributed by atoms with van der Waals surface area (Å²) in [7, 11) is 0. The number of ether oxygens (including phenoxy) is 1. The van der Waals surface area contributed by atoms with Crippen molar-refractivity contribution in [3.05, 3.63) is 0 Å². The number of carbonyl (C=O) groups excluding carboxylic acids is 2. The maximum Gasteiger partial charge on any atom is 0.247 e. The van der Waals surface area contributed by atoms with Crippen LogP contribution in [0.3, 0.4) is 0 Å². The molecule has 2 rings (SSSR count). The Bertz CT molecular complexity index is 506. The molecule has 2 fully saturated rings. The van der Waals surface area contributed by atoms with Crippen LogP contribution < -0.4 is 10.2 Å². The number of rotatable bonds is 7. The Morgan fingerprint density at radius 3 is 2.83 bits per heavy atom. The van der Waals surface area contributed by atoms with E-state index in [1.807, 2.05) is 13.8 Å². The lowest BCUT2D eigenvalue weighted by molar-refractivity contribution is -0.908. The average Bonchev–Trinajstić information content (AvgIpc) is 2.57. The van der Waals surface area contributed by atoms with Crippen LogP contribution in [0.15, 0.2) is 4.99 Å². The van der Waals surface area contributed by atoms with E-state index in [1.165, 1.54) is 16.0 Å². The van der Waals surface area contributed by atoms with E-state index in [-0.39, 0.29) is 23.0 Å². The van der Waals surface area contributed by atoms with E-state index in [0.29, 0.717) is 6.54 Å². The van der Waals surface area contributed by atoms with Gasteiger partial charge in [0.1, 0.15) is 13.1 Å². The molecule has 0 unspecified atom stereocenters. The smallest absolute Gasteiger partial charge is 0.247 e. The second-order valence-corrected chi connectivity index (χ2v) is 6.65. The van der Waals surface area contributed by atoms with Gasteiger partial charge >= 0.3 is 0 Å². The minimum Gasteiger partial charge on any atom is -0.370 e. The number of carbonyl (C=O) groups is 2. The van der Waals surface area contributed by atoms with Crippen molar-refractivity contribution in [2.45, 2.75) is 32.7 Å². The third kappa shape index (κ3) is 4.81. The Hall–Kier alpha value is -1.38. The molecule has 0 radical (unpaired) electrons. The summed E-state index contributed by atoms with van der Waals surface area (Å²) in [5.41, 5.74) is 0. The third-order valence-electron chi connectivity index (χ3n) is 4.54. The van der Waals surface area contributed by atoms with Gasteiger partial charge in [-0.3, -0.25) is 19.5 Å². The van der Waals surface area contributed by atoms with Crippen molar-refractivity contribution in [1.82, 2.24) is 10.2 Å². The fourth-order valence-electron chi connectivity index (χ4n) is 2.85. The summed E-state index contributed by atoms with van der Waals surface area (Å²) in [6, 6.07) is -0.0357. The highest BCUT2D eigenvalue weighted by Crippen LogP contribution is 2.14. The van der Waals surface area contributed by atoms with E-state index in [1.54, 1.807) is 0 Å². The van der Waals surface area contributed by atoms with Gasteiger partial charge in [-0.05, 0) is 25.6 Å². The number of aliphatic imine (C=N–C) groups is 1. The fraction of sp³-hybridized carbons (Fsp3) is 0.750. The number of amides is 2. The summed E-state index contributed by atoms with van der Waals surface area (Å²) in [6.45, 7) is 9.27. The van der Waals surface area contributed by atoms with Crippen LogP contribution in [0.1, 0.15) is 26.7 Å². The highest BCUT2D eigenvalue weighted by molar-refractivity contribution is 7.80. The molecule has 2 aliphatic rings. The minimum atomic E-state index is -0.874. The number of hydrogen-bond donors (Lipinski definition) is 2. The highest BCUT2D eigenvalue weighted by Gasteiger charge is 2.39. The molecule has 2 amide bonds. The molecule has 2 atom stereocenters. The third-order valence-corrected chi connectivity index (χ3v) is 4.84. The largest absolute Gasteiger partial charge is 0.370 e. The molecule has 2 heterocycles. The van der Waals surface area contributed by atoms with Crippen molar-refractivity contribution in [2.24, 2.45) is 10.9 Å². The van der Waals surface area contributed by atoms with Crippen molar-refractivity contribution >= 4 is 35.4 Å². The van der Waals surface area contributed by atoms with E-state index >= 15 is 0 Å². The lowest BCUT2D eigenvalue weighted by Crippen LogP contribution is -3.14. The maximum atomic E-state index is 12.5. The molecule has 2 N–H and O–H groups in total. The van der Waals surface area contributed by atoms with Crippen LogP contribution in [0.5, 0.6) is 0 Å². The maximum absolute atomic E-state index is 12.5. The van der Waals surface area contributed by atoms with E-state index in [4.69, 9.17) is 17.0 Å². The van der Waals surface area contributed by atoms with Crippen molar-refractivity contribution in [1.29, 1.82) is 0 Å². The van der Waals surface area contributed by atoms with Crippen LogP contribution in [-0.4, -0.2) is 73.5 Å². The fourth-order valence-corrected chi connectivity index (χ4v) is 3.22. The van der Waals surface area contributed by atoms with Gasteiger partial charge < -0.3 is 15.0 Å². The Morgan fingerprint density at radius 1 is 1.46 bits per heavy atom. The van der Waals surface area contributed by atoms with Gasteiger partial charge in [0.25, 0.3) is 0 Å².